The van der Waals surface area contributed by atoms with E-state index in [-0.39, 0.29) is 5.76 Å². The molecule has 0 aliphatic heterocycles. The Labute approximate surface area is 170 Å². The van der Waals surface area contributed by atoms with Crippen molar-refractivity contribution >= 4 is 34.6 Å². The highest BCUT2D eigenvalue weighted by Crippen LogP contribution is 2.23. The Morgan fingerprint density at radius 1 is 1.00 bits per heavy atom. The van der Waals surface area contributed by atoms with Crippen molar-refractivity contribution in [1.82, 2.24) is 20.8 Å². The van der Waals surface area contributed by atoms with Crippen molar-refractivity contribution in [1.29, 1.82) is 0 Å². The number of nitrogens with one attached hydrogen (secondary N) is 3. The van der Waals surface area contributed by atoms with Gasteiger partial charge in [-0.25, -0.2) is 4.98 Å². The van der Waals surface area contributed by atoms with E-state index in [9.17, 15) is 9.59 Å². The molecule has 0 saturated carbocycles. The van der Waals surface area contributed by atoms with Crippen molar-refractivity contribution in [2.45, 2.75) is 17.8 Å². The van der Waals surface area contributed by atoms with Crippen LogP contribution in [-0.4, -0.2) is 21.8 Å². The maximum atomic E-state index is 12.2. The van der Waals surface area contributed by atoms with E-state index in [1.807, 2.05) is 36.4 Å². The van der Waals surface area contributed by atoms with Gasteiger partial charge in [0.2, 0.25) is 0 Å². The zero-order valence-electron chi connectivity index (χ0n) is 15.6. The van der Waals surface area contributed by atoms with Gasteiger partial charge in [0, 0.05) is 11.3 Å². The van der Waals surface area contributed by atoms with E-state index in [2.05, 4.69) is 20.8 Å². The molecule has 2 amide bonds. The Morgan fingerprint density at radius 3 is 2.48 bits per heavy atom. The number of aromatic nitrogens is 2. The second-order valence-corrected chi connectivity index (χ2v) is 7.33. The number of fused-ring (bicyclic) bond motifs is 1. The van der Waals surface area contributed by atoms with Gasteiger partial charge in [-0.15, -0.1) is 0 Å². The fourth-order valence-corrected chi connectivity index (χ4v) is 3.55. The number of H-pyrrole nitrogens is 1. The Hall–Kier alpha value is -3.52. The molecule has 0 atom stereocenters. The van der Waals surface area contributed by atoms with Crippen molar-refractivity contribution < 1.29 is 14.0 Å². The van der Waals surface area contributed by atoms with E-state index in [1.165, 1.54) is 0 Å². The van der Waals surface area contributed by atoms with Crippen LogP contribution in [-0.2, 0) is 5.75 Å². The number of furan rings is 1. The Morgan fingerprint density at radius 2 is 1.76 bits per heavy atom. The molecule has 0 bridgehead atoms. The normalized spacial score (nSPS) is 10.8. The van der Waals surface area contributed by atoms with Gasteiger partial charge in [0.05, 0.1) is 11.0 Å². The van der Waals surface area contributed by atoms with Gasteiger partial charge in [-0.2, -0.15) is 0 Å². The standard InChI is InChI=1S/C21H18N4O3S/c1-13-6-11-18(28-13)20(27)25-24-19(26)15-9-7-14(8-10-15)12-29-21-22-16-4-2-3-5-17(16)23-21/h2-11H,12H2,1H3,(H,22,23)(H,24,26)(H,25,27). The number of para-hydroxylation sites is 2. The number of hydrazine groups is 1. The fourth-order valence-electron chi connectivity index (χ4n) is 2.71. The summed E-state index contributed by atoms with van der Waals surface area (Å²) in [4.78, 5) is 31.9. The smallest absolute Gasteiger partial charge is 0.305 e. The van der Waals surface area contributed by atoms with Gasteiger partial charge in [-0.1, -0.05) is 36.0 Å². The summed E-state index contributed by atoms with van der Waals surface area (Å²) in [6.45, 7) is 1.74. The van der Waals surface area contributed by atoms with Crippen LogP contribution in [0.4, 0.5) is 0 Å². The first kappa shape index (κ1) is 18.8. The third-order valence-corrected chi connectivity index (χ3v) is 5.16. The molecule has 2 heterocycles. The minimum Gasteiger partial charge on any atom is -0.456 e. The van der Waals surface area contributed by atoms with E-state index in [0.717, 1.165) is 27.5 Å². The summed E-state index contributed by atoms with van der Waals surface area (Å²) >= 11 is 1.59. The second kappa shape index (κ2) is 8.24. The highest BCUT2D eigenvalue weighted by molar-refractivity contribution is 7.98. The molecule has 0 radical (unpaired) electrons. The SMILES string of the molecule is Cc1ccc(C(=O)NNC(=O)c2ccc(CSc3nc4ccccc4[nH]3)cc2)o1. The molecule has 146 valence electrons. The van der Waals surface area contributed by atoms with E-state index in [4.69, 9.17) is 4.42 Å². The van der Waals surface area contributed by atoms with Crippen molar-refractivity contribution in [2.24, 2.45) is 0 Å². The van der Waals surface area contributed by atoms with Gasteiger partial charge in [-0.3, -0.25) is 20.4 Å². The molecule has 0 spiro atoms. The lowest BCUT2D eigenvalue weighted by atomic mass is 10.1. The second-order valence-electron chi connectivity index (χ2n) is 6.36. The number of thioether (sulfide) groups is 1. The fraction of sp³-hybridized carbons (Fsp3) is 0.0952. The number of rotatable bonds is 5. The molecule has 7 nitrogen and oxygen atoms in total. The molecule has 0 fully saturated rings. The van der Waals surface area contributed by atoms with Crippen molar-refractivity contribution in [3.63, 3.8) is 0 Å². The summed E-state index contributed by atoms with van der Waals surface area (Å²) in [5, 5.41) is 0.851. The number of benzene rings is 2. The van der Waals surface area contributed by atoms with Crippen LogP contribution in [0.1, 0.15) is 32.2 Å². The quantitative estimate of drug-likeness (QED) is 0.345. The predicted molar refractivity (Wildman–Crippen MR) is 110 cm³/mol. The van der Waals surface area contributed by atoms with Crippen molar-refractivity contribution in [3.8, 4) is 0 Å². The van der Waals surface area contributed by atoms with Gasteiger partial charge >= 0.3 is 5.91 Å². The summed E-state index contributed by atoms with van der Waals surface area (Å²) in [6, 6.07) is 18.3. The van der Waals surface area contributed by atoms with Crippen LogP contribution in [0.2, 0.25) is 0 Å². The van der Waals surface area contributed by atoms with E-state index >= 15 is 0 Å². The summed E-state index contributed by atoms with van der Waals surface area (Å²) in [5.74, 6) is 0.567. The average molecular weight is 406 g/mol. The molecule has 8 heteroatoms. The van der Waals surface area contributed by atoms with Crippen LogP contribution >= 0.6 is 11.8 Å². The summed E-state index contributed by atoms with van der Waals surface area (Å²) in [5.41, 5.74) is 8.16. The molecule has 2 aromatic carbocycles. The number of aromatic amines is 1. The maximum Gasteiger partial charge on any atom is 0.305 e. The molecule has 4 rings (SSSR count). The van der Waals surface area contributed by atoms with Gasteiger partial charge in [0.25, 0.3) is 5.91 Å². The first-order valence-corrected chi connectivity index (χ1v) is 9.91. The largest absolute Gasteiger partial charge is 0.456 e. The number of carbonyl (C=O) groups excluding carboxylic acids is 2. The highest BCUT2D eigenvalue weighted by atomic mass is 32.2. The number of imidazole rings is 1. The third kappa shape index (κ3) is 4.49. The van der Waals surface area contributed by atoms with Crippen molar-refractivity contribution in [3.05, 3.63) is 83.3 Å². The van der Waals surface area contributed by atoms with E-state index in [0.29, 0.717) is 11.3 Å². The summed E-state index contributed by atoms with van der Waals surface area (Å²) < 4.78 is 5.21. The number of aryl methyl sites for hydroxylation is 1. The molecule has 0 unspecified atom stereocenters. The van der Waals surface area contributed by atoms with Crippen LogP contribution in [0, 0.1) is 6.92 Å². The average Bonchev–Trinajstić information content (AvgIpc) is 3.36. The summed E-state index contributed by atoms with van der Waals surface area (Å²) in [7, 11) is 0. The third-order valence-electron chi connectivity index (χ3n) is 4.21. The zero-order valence-corrected chi connectivity index (χ0v) is 16.4. The molecular weight excluding hydrogens is 388 g/mol. The Kier molecular flexibility index (Phi) is 5.35. The number of amides is 2. The lowest BCUT2D eigenvalue weighted by Crippen LogP contribution is -2.41. The van der Waals surface area contributed by atoms with Crippen LogP contribution in [0.5, 0.6) is 0 Å². The number of nitrogens with zero attached hydrogens (tertiary/aromatic N) is 1. The monoisotopic (exact) mass is 406 g/mol. The first-order valence-electron chi connectivity index (χ1n) is 8.92. The number of carbonyl (C=O) groups is 2. The molecule has 0 aliphatic carbocycles. The molecule has 4 aromatic rings. The molecule has 29 heavy (non-hydrogen) atoms. The van der Waals surface area contributed by atoms with Gasteiger partial charge in [0.15, 0.2) is 10.9 Å². The molecule has 0 saturated heterocycles. The van der Waals surface area contributed by atoms with E-state index in [1.54, 1.807) is 43.0 Å². The number of hydrogen-bond donors (Lipinski definition) is 3. The van der Waals surface area contributed by atoms with Crippen LogP contribution in [0.3, 0.4) is 0 Å². The van der Waals surface area contributed by atoms with Crippen LogP contribution in [0.15, 0.2) is 70.2 Å². The maximum absolute atomic E-state index is 12.2. The Balaban J connectivity index is 1.31. The summed E-state index contributed by atoms with van der Waals surface area (Å²) in [6.07, 6.45) is 0. The lowest BCUT2D eigenvalue weighted by molar-refractivity contribution is 0.0830. The Bertz CT molecular complexity index is 1130. The van der Waals surface area contributed by atoms with Crippen LogP contribution in [0.25, 0.3) is 11.0 Å². The molecular formula is C21H18N4O3S. The highest BCUT2D eigenvalue weighted by Gasteiger charge is 2.12. The molecule has 3 N–H and O–H groups in total. The zero-order chi connectivity index (χ0) is 20.2. The van der Waals surface area contributed by atoms with Gasteiger partial charge < -0.3 is 9.40 Å². The van der Waals surface area contributed by atoms with Gasteiger partial charge in [0.1, 0.15) is 5.76 Å². The van der Waals surface area contributed by atoms with Crippen molar-refractivity contribution in [2.75, 3.05) is 0 Å². The van der Waals surface area contributed by atoms with E-state index < -0.39 is 11.8 Å². The predicted octanol–water partition coefficient (Wildman–Crippen LogP) is 3.83. The molecule has 2 aromatic heterocycles. The van der Waals surface area contributed by atoms with Gasteiger partial charge in [-0.05, 0) is 48.9 Å². The minimum atomic E-state index is -0.509. The number of hydrogen-bond acceptors (Lipinski definition) is 5. The lowest BCUT2D eigenvalue weighted by Gasteiger charge is -2.07. The molecule has 0 aliphatic rings. The topological polar surface area (TPSA) is 100 Å². The van der Waals surface area contributed by atoms with Crippen LogP contribution < -0.4 is 10.9 Å². The first-order chi connectivity index (χ1) is 14.1. The minimum absolute atomic E-state index is 0.140.